The zero-order valence-corrected chi connectivity index (χ0v) is 13.0. The number of hydrogen-bond donors (Lipinski definition) is 0. The van der Waals surface area contributed by atoms with Crippen LogP contribution >= 0.6 is 27.3 Å². The van der Waals surface area contributed by atoms with E-state index in [1.807, 2.05) is 12.1 Å². The van der Waals surface area contributed by atoms with E-state index >= 15 is 0 Å². The molecule has 0 N–H and O–H groups in total. The van der Waals surface area contributed by atoms with E-state index in [-0.39, 0.29) is 0 Å². The number of aromatic nitrogens is 1. The highest BCUT2D eigenvalue weighted by Gasteiger charge is 2.16. The Balaban J connectivity index is 1.72. The highest BCUT2D eigenvalue weighted by molar-refractivity contribution is 9.10. The summed E-state index contributed by atoms with van der Waals surface area (Å²) in [4.78, 5) is 4.73. The Labute approximate surface area is 126 Å². The van der Waals surface area contributed by atoms with E-state index in [0.717, 1.165) is 23.2 Å². The minimum Gasteiger partial charge on any atom is -0.378 e. The molecule has 0 saturated carbocycles. The van der Waals surface area contributed by atoms with Crippen molar-refractivity contribution in [3.05, 3.63) is 39.1 Å². The smallest absolute Gasteiger partial charge is 0.0958 e. The third-order valence-electron chi connectivity index (χ3n) is 3.35. The van der Waals surface area contributed by atoms with Gasteiger partial charge in [-0.2, -0.15) is 0 Å². The summed E-state index contributed by atoms with van der Waals surface area (Å²) < 4.78 is 6.87. The van der Waals surface area contributed by atoms with Gasteiger partial charge in [-0.1, -0.05) is 28.1 Å². The van der Waals surface area contributed by atoms with E-state index in [9.17, 15) is 0 Å². The fourth-order valence-corrected chi connectivity index (χ4v) is 3.62. The van der Waals surface area contributed by atoms with Crippen LogP contribution in [0.1, 0.15) is 24.3 Å². The Morgan fingerprint density at radius 2 is 2.32 bits per heavy atom. The van der Waals surface area contributed by atoms with Crippen LogP contribution in [0.5, 0.6) is 0 Å². The van der Waals surface area contributed by atoms with Crippen LogP contribution in [0.25, 0.3) is 11.3 Å². The van der Waals surface area contributed by atoms with Crippen LogP contribution in [0.3, 0.4) is 0 Å². The predicted molar refractivity (Wildman–Crippen MR) is 82.5 cm³/mol. The van der Waals surface area contributed by atoms with Crippen LogP contribution in [-0.2, 0) is 11.2 Å². The van der Waals surface area contributed by atoms with Crippen LogP contribution < -0.4 is 0 Å². The summed E-state index contributed by atoms with van der Waals surface area (Å²) in [5.74, 6) is 0. The zero-order chi connectivity index (χ0) is 13.1. The first-order valence-electron chi connectivity index (χ1n) is 6.63. The van der Waals surface area contributed by atoms with Crippen molar-refractivity contribution < 1.29 is 4.74 Å². The van der Waals surface area contributed by atoms with E-state index in [2.05, 4.69) is 33.4 Å². The second-order valence-corrected chi connectivity index (χ2v) is 6.69. The fourth-order valence-electron chi connectivity index (χ4n) is 2.35. The Morgan fingerprint density at radius 1 is 1.37 bits per heavy atom. The molecule has 4 heteroatoms. The highest BCUT2D eigenvalue weighted by Crippen LogP contribution is 2.26. The van der Waals surface area contributed by atoms with Gasteiger partial charge in [0.2, 0.25) is 0 Å². The number of thiazole rings is 1. The predicted octanol–water partition coefficient (Wildman–Crippen LogP) is 4.68. The molecule has 0 radical (unpaired) electrons. The molecule has 1 atom stereocenters. The van der Waals surface area contributed by atoms with Crippen molar-refractivity contribution in [3.8, 4) is 11.3 Å². The molecule has 0 amide bonds. The zero-order valence-electron chi connectivity index (χ0n) is 10.6. The maximum Gasteiger partial charge on any atom is 0.0958 e. The van der Waals surface area contributed by atoms with Crippen LogP contribution in [0.15, 0.2) is 34.1 Å². The van der Waals surface area contributed by atoms with Gasteiger partial charge in [0, 0.05) is 28.4 Å². The van der Waals surface area contributed by atoms with E-state index in [0.29, 0.717) is 6.10 Å². The van der Waals surface area contributed by atoms with Gasteiger partial charge in [0.1, 0.15) is 0 Å². The van der Waals surface area contributed by atoms with Gasteiger partial charge in [-0.3, -0.25) is 0 Å². The molecule has 0 bridgehead atoms. The average molecular weight is 338 g/mol. The first-order chi connectivity index (χ1) is 9.31. The van der Waals surface area contributed by atoms with Gasteiger partial charge in [-0.25, -0.2) is 4.98 Å². The normalized spacial score (nSPS) is 19.5. The molecule has 2 aromatic rings. The van der Waals surface area contributed by atoms with Crippen LogP contribution in [0.4, 0.5) is 0 Å². The molecule has 0 spiro atoms. The van der Waals surface area contributed by atoms with E-state index in [1.54, 1.807) is 11.3 Å². The molecule has 1 aromatic carbocycles. The van der Waals surface area contributed by atoms with Gasteiger partial charge < -0.3 is 4.74 Å². The lowest BCUT2D eigenvalue weighted by Crippen LogP contribution is -2.21. The lowest BCUT2D eigenvalue weighted by Gasteiger charge is -2.21. The summed E-state index contributed by atoms with van der Waals surface area (Å²) >= 11 is 5.24. The molecule has 1 unspecified atom stereocenters. The van der Waals surface area contributed by atoms with Gasteiger partial charge >= 0.3 is 0 Å². The summed E-state index contributed by atoms with van der Waals surface area (Å²) in [7, 11) is 0. The fraction of sp³-hybridized carbons (Fsp3) is 0.400. The number of nitrogens with zero attached hydrogens (tertiary/aromatic N) is 1. The Hall–Kier alpha value is -0.710. The van der Waals surface area contributed by atoms with Gasteiger partial charge in [0.15, 0.2) is 0 Å². The average Bonchev–Trinajstić information content (AvgIpc) is 2.88. The van der Waals surface area contributed by atoms with Gasteiger partial charge in [-0.15, -0.1) is 11.3 Å². The van der Waals surface area contributed by atoms with Crippen molar-refractivity contribution in [1.82, 2.24) is 4.98 Å². The van der Waals surface area contributed by atoms with Crippen molar-refractivity contribution >= 4 is 27.3 Å². The number of halogens is 1. The summed E-state index contributed by atoms with van der Waals surface area (Å²) in [5.41, 5.74) is 2.23. The lowest BCUT2D eigenvalue weighted by atomic mass is 10.1. The van der Waals surface area contributed by atoms with Crippen LogP contribution in [-0.4, -0.2) is 17.7 Å². The Morgan fingerprint density at radius 3 is 3.11 bits per heavy atom. The second-order valence-electron chi connectivity index (χ2n) is 4.83. The van der Waals surface area contributed by atoms with Crippen molar-refractivity contribution in [3.63, 3.8) is 0 Å². The van der Waals surface area contributed by atoms with Crippen molar-refractivity contribution in [2.75, 3.05) is 6.61 Å². The van der Waals surface area contributed by atoms with Crippen LogP contribution in [0, 0.1) is 0 Å². The molecule has 19 heavy (non-hydrogen) atoms. The monoisotopic (exact) mass is 337 g/mol. The SMILES string of the molecule is Brc1cccc(-c2csc(CC3CCCCO3)n2)c1. The molecule has 1 aliphatic heterocycles. The van der Waals surface area contributed by atoms with E-state index < -0.39 is 0 Å². The second kappa shape index (κ2) is 6.16. The number of ether oxygens (including phenoxy) is 1. The third-order valence-corrected chi connectivity index (χ3v) is 4.71. The van der Waals surface area contributed by atoms with E-state index in [4.69, 9.17) is 9.72 Å². The summed E-state index contributed by atoms with van der Waals surface area (Å²) in [6, 6.07) is 8.28. The molecule has 3 rings (SSSR count). The van der Waals surface area contributed by atoms with Crippen molar-refractivity contribution in [2.45, 2.75) is 31.8 Å². The molecular formula is C15H16BrNOS. The highest BCUT2D eigenvalue weighted by atomic mass is 79.9. The molecule has 2 heterocycles. The number of rotatable bonds is 3. The molecule has 0 aliphatic carbocycles. The van der Waals surface area contributed by atoms with Gasteiger partial charge in [-0.05, 0) is 31.4 Å². The number of hydrogen-bond acceptors (Lipinski definition) is 3. The summed E-state index contributed by atoms with van der Waals surface area (Å²) in [6.07, 6.45) is 4.99. The quantitative estimate of drug-likeness (QED) is 0.810. The molecule has 1 aliphatic rings. The summed E-state index contributed by atoms with van der Waals surface area (Å²) in [5, 5.41) is 3.32. The summed E-state index contributed by atoms with van der Waals surface area (Å²) in [6.45, 7) is 0.911. The van der Waals surface area contributed by atoms with Crippen LogP contribution in [0.2, 0.25) is 0 Å². The molecule has 1 aromatic heterocycles. The van der Waals surface area contributed by atoms with Gasteiger partial charge in [0.05, 0.1) is 16.8 Å². The van der Waals surface area contributed by atoms with Gasteiger partial charge in [0.25, 0.3) is 0 Å². The molecule has 1 fully saturated rings. The molecule has 100 valence electrons. The molecule has 1 saturated heterocycles. The standard InChI is InChI=1S/C15H16BrNOS/c16-12-5-3-4-11(8-12)14-10-19-15(17-14)9-13-6-1-2-7-18-13/h3-5,8,10,13H,1-2,6-7,9H2. The Kier molecular flexibility index (Phi) is 4.31. The Bertz CT molecular complexity index is 549. The third kappa shape index (κ3) is 3.44. The first kappa shape index (κ1) is 13.3. The maximum atomic E-state index is 5.78. The minimum atomic E-state index is 0.371. The molecule has 2 nitrogen and oxygen atoms in total. The molecular weight excluding hydrogens is 322 g/mol. The van der Waals surface area contributed by atoms with Crippen molar-refractivity contribution in [1.29, 1.82) is 0 Å². The topological polar surface area (TPSA) is 22.1 Å². The van der Waals surface area contributed by atoms with Crippen molar-refractivity contribution in [2.24, 2.45) is 0 Å². The largest absolute Gasteiger partial charge is 0.378 e. The first-order valence-corrected chi connectivity index (χ1v) is 8.30. The minimum absolute atomic E-state index is 0.371. The van der Waals surface area contributed by atoms with E-state index in [1.165, 1.54) is 29.8 Å². The lowest BCUT2D eigenvalue weighted by molar-refractivity contribution is 0.0168. The maximum absolute atomic E-state index is 5.78. The number of benzene rings is 1.